The summed E-state index contributed by atoms with van der Waals surface area (Å²) >= 11 is 0. The number of carbonyl (C=O) groups is 1. The van der Waals surface area contributed by atoms with Crippen molar-refractivity contribution < 1.29 is 9.53 Å². The molecular weight excluding hydrogens is 490 g/mol. The molecule has 2 aliphatic rings. The fourth-order valence-electron chi connectivity index (χ4n) is 5.11. The quantitative estimate of drug-likeness (QED) is 0.254. The molecule has 2 saturated heterocycles. The number of likely N-dealkylation sites (tertiary alicyclic amines) is 1. The van der Waals surface area contributed by atoms with Crippen LogP contribution in [0.25, 0.3) is 0 Å². The largest absolute Gasteiger partial charge is 0.379 e. The van der Waals surface area contributed by atoms with E-state index >= 15 is 0 Å². The van der Waals surface area contributed by atoms with E-state index in [4.69, 9.17) is 10.1 Å². The van der Waals surface area contributed by atoms with Gasteiger partial charge in [-0.1, -0.05) is 18.2 Å². The minimum Gasteiger partial charge on any atom is -0.379 e. The maximum atomic E-state index is 12.3. The molecule has 0 radical (unpaired) electrons. The summed E-state index contributed by atoms with van der Waals surface area (Å²) in [7, 11) is 0. The summed E-state index contributed by atoms with van der Waals surface area (Å²) in [6.07, 6.45) is 5.66. The van der Waals surface area contributed by atoms with E-state index in [0.29, 0.717) is 24.0 Å². The monoisotopic (exact) mass is 527 g/mol. The second-order valence-corrected chi connectivity index (χ2v) is 10.1. The number of benzene rings is 2. The molecule has 204 valence electrons. The molecule has 0 spiro atoms. The molecule has 0 bridgehead atoms. The van der Waals surface area contributed by atoms with Gasteiger partial charge >= 0.3 is 6.03 Å². The molecule has 0 unspecified atom stereocenters. The van der Waals surface area contributed by atoms with E-state index in [-0.39, 0.29) is 6.03 Å². The zero-order valence-electron chi connectivity index (χ0n) is 22.2. The van der Waals surface area contributed by atoms with Crippen molar-refractivity contribution in [2.24, 2.45) is 5.92 Å². The Hall–Kier alpha value is -3.95. The number of urea groups is 1. The summed E-state index contributed by atoms with van der Waals surface area (Å²) in [6, 6.07) is 19.0. The van der Waals surface area contributed by atoms with Gasteiger partial charge in [-0.15, -0.1) is 0 Å². The van der Waals surface area contributed by atoms with E-state index in [1.165, 1.54) is 0 Å². The highest BCUT2D eigenvalue weighted by molar-refractivity contribution is 6.02. The lowest BCUT2D eigenvalue weighted by Crippen LogP contribution is -2.44. The topological polar surface area (TPSA) is 106 Å². The Bertz CT molecular complexity index is 1220. The average Bonchev–Trinajstić information content (AvgIpc) is 2.98. The van der Waals surface area contributed by atoms with Crippen molar-refractivity contribution in [3.05, 3.63) is 84.2 Å². The molecular formula is C30H37N7O2. The summed E-state index contributed by atoms with van der Waals surface area (Å²) in [5, 5.41) is 18.1. The smallest absolute Gasteiger partial charge is 0.319 e. The van der Waals surface area contributed by atoms with Gasteiger partial charge in [0.1, 0.15) is 5.84 Å². The van der Waals surface area contributed by atoms with Gasteiger partial charge in [-0.25, -0.2) is 4.79 Å². The van der Waals surface area contributed by atoms with Crippen LogP contribution in [0.1, 0.15) is 24.0 Å². The number of nitrogens with one attached hydrogen (secondary N) is 4. The van der Waals surface area contributed by atoms with Crippen LogP contribution in [0.15, 0.2) is 73.1 Å². The van der Waals surface area contributed by atoms with Crippen molar-refractivity contribution in [3.63, 3.8) is 0 Å². The van der Waals surface area contributed by atoms with Gasteiger partial charge in [-0.3, -0.25) is 15.3 Å². The molecule has 9 nitrogen and oxygen atoms in total. The number of hydrogen-bond acceptors (Lipinski definition) is 6. The molecule has 0 aliphatic carbocycles. The van der Waals surface area contributed by atoms with Gasteiger partial charge in [0.05, 0.1) is 13.2 Å². The SMILES string of the molecule is N=C(c1ccccc1Nc1ccc(NC(=O)NCc2cccnc2)cc1)N1CCC(CN2CCOCC2)CC1. The number of anilines is 3. The number of ether oxygens (including phenoxy) is 1. The molecule has 9 heteroatoms. The number of amides is 2. The van der Waals surface area contributed by atoms with Crippen molar-refractivity contribution in [2.75, 3.05) is 56.6 Å². The first kappa shape index (κ1) is 26.6. The third kappa shape index (κ3) is 7.55. The number of amidine groups is 1. The standard InChI is InChI=1S/C30H37N7O2/c31-29(37-14-11-23(12-15-37)22-36-16-18-39-19-17-36)27-5-1-2-6-28(27)34-25-7-9-26(10-8-25)35-30(38)33-21-24-4-3-13-32-20-24/h1-10,13,20,23,31,34H,11-12,14-19,21-22H2,(H2,33,35,38). The predicted octanol–water partition coefficient (Wildman–Crippen LogP) is 4.52. The number of rotatable bonds is 8. The van der Waals surface area contributed by atoms with E-state index in [9.17, 15) is 4.79 Å². The Morgan fingerprint density at radius 1 is 0.949 bits per heavy atom. The van der Waals surface area contributed by atoms with Crippen molar-refractivity contribution >= 4 is 28.9 Å². The van der Waals surface area contributed by atoms with Crippen LogP contribution < -0.4 is 16.0 Å². The van der Waals surface area contributed by atoms with Crippen LogP contribution in [-0.2, 0) is 11.3 Å². The molecule has 3 aromatic rings. The van der Waals surface area contributed by atoms with E-state index in [1.807, 2.05) is 60.7 Å². The Balaban J connectivity index is 1.13. The average molecular weight is 528 g/mol. The van der Waals surface area contributed by atoms with Crippen molar-refractivity contribution in [1.29, 1.82) is 5.41 Å². The van der Waals surface area contributed by atoms with E-state index in [1.54, 1.807) is 12.4 Å². The second kappa shape index (κ2) is 13.2. The Morgan fingerprint density at radius 3 is 2.44 bits per heavy atom. The summed E-state index contributed by atoms with van der Waals surface area (Å²) < 4.78 is 5.48. The Morgan fingerprint density at radius 2 is 1.69 bits per heavy atom. The minimum absolute atomic E-state index is 0.271. The van der Waals surface area contributed by atoms with Crippen LogP contribution in [0.5, 0.6) is 0 Å². The van der Waals surface area contributed by atoms with Gasteiger partial charge in [-0.05, 0) is 66.8 Å². The molecule has 5 rings (SSSR count). The first-order chi connectivity index (χ1) is 19.1. The number of para-hydroxylation sites is 1. The van der Waals surface area contributed by atoms with Crippen LogP contribution >= 0.6 is 0 Å². The first-order valence-corrected chi connectivity index (χ1v) is 13.7. The number of morpholine rings is 1. The maximum Gasteiger partial charge on any atom is 0.319 e. The van der Waals surface area contributed by atoms with Gasteiger partial charge in [0, 0.05) is 74.3 Å². The van der Waals surface area contributed by atoms with E-state index in [2.05, 4.69) is 30.7 Å². The summed E-state index contributed by atoms with van der Waals surface area (Å²) in [4.78, 5) is 21.0. The number of nitrogens with zero attached hydrogens (tertiary/aromatic N) is 3. The van der Waals surface area contributed by atoms with Crippen LogP contribution in [0.4, 0.5) is 21.9 Å². The predicted molar refractivity (Wildman–Crippen MR) is 155 cm³/mol. The molecule has 4 N–H and O–H groups in total. The van der Waals surface area contributed by atoms with Gasteiger partial charge in [0.15, 0.2) is 0 Å². The highest BCUT2D eigenvalue weighted by atomic mass is 16.5. The number of pyridine rings is 1. The Labute approximate surface area is 230 Å². The highest BCUT2D eigenvalue weighted by Crippen LogP contribution is 2.26. The lowest BCUT2D eigenvalue weighted by Gasteiger charge is -2.37. The second-order valence-electron chi connectivity index (χ2n) is 10.1. The van der Waals surface area contributed by atoms with Crippen molar-refractivity contribution in [1.82, 2.24) is 20.1 Å². The number of aromatic nitrogens is 1. The summed E-state index contributed by atoms with van der Waals surface area (Å²) in [5.74, 6) is 1.25. The maximum absolute atomic E-state index is 12.3. The first-order valence-electron chi connectivity index (χ1n) is 13.7. The van der Waals surface area contributed by atoms with Gasteiger partial charge in [0.2, 0.25) is 0 Å². The van der Waals surface area contributed by atoms with E-state index < -0.39 is 0 Å². The Kier molecular flexibility index (Phi) is 9.03. The van der Waals surface area contributed by atoms with Crippen LogP contribution in [0, 0.1) is 11.3 Å². The zero-order valence-corrected chi connectivity index (χ0v) is 22.2. The lowest BCUT2D eigenvalue weighted by atomic mass is 9.95. The minimum atomic E-state index is -0.271. The van der Waals surface area contributed by atoms with Gasteiger partial charge < -0.3 is 25.6 Å². The number of carbonyl (C=O) groups excluding carboxylic acids is 1. The molecule has 3 heterocycles. The fraction of sp³-hybridized carbons (Fsp3) is 0.367. The van der Waals surface area contributed by atoms with Crippen molar-refractivity contribution in [2.45, 2.75) is 19.4 Å². The molecule has 39 heavy (non-hydrogen) atoms. The number of hydrogen-bond donors (Lipinski definition) is 4. The lowest BCUT2D eigenvalue weighted by molar-refractivity contribution is 0.0266. The fourth-order valence-corrected chi connectivity index (χ4v) is 5.11. The number of piperidine rings is 1. The van der Waals surface area contributed by atoms with Crippen molar-refractivity contribution in [3.8, 4) is 0 Å². The molecule has 1 aromatic heterocycles. The molecule has 2 fully saturated rings. The van der Waals surface area contributed by atoms with E-state index in [0.717, 1.165) is 81.3 Å². The van der Waals surface area contributed by atoms with Gasteiger partial charge in [0.25, 0.3) is 0 Å². The normalized spacial score (nSPS) is 16.5. The molecule has 0 atom stereocenters. The summed E-state index contributed by atoms with van der Waals surface area (Å²) in [5.41, 5.74) is 4.31. The highest BCUT2D eigenvalue weighted by Gasteiger charge is 2.25. The molecule has 2 amide bonds. The molecule has 2 aliphatic heterocycles. The third-order valence-corrected chi connectivity index (χ3v) is 7.33. The van der Waals surface area contributed by atoms with Crippen LogP contribution in [0.3, 0.4) is 0 Å². The third-order valence-electron chi connectivity index (χ3n) is 7.33. The zero-order chi connectivity index (χ0) is 26.9. The van der Waals surface area contributed by atoms with Gasteiger partial charge in [-0.2, -0.15) is 0 Å². The molecule has 2 aromatic carbocycles. The molecule has 0 saturated carbocycles. The van der Waals surface area contributed by atoms with Crippen LogP contribution in [-0.4, -0.2) is 72.6 Å². The summed E-state index contributed by atoms with van der Waals surface area (Å²) in [6.45, 7) is 7.12. The van der Waals surface area contributed by atoms with Crippen LogP contribution in [0.2, 0.25) is 0 Å².